The summed E-state index contributed by atoms with van der Waals surface area (Å²) >= 11 is 0. The fourth-order valence-electron chi connectivity index (χ4n) is 4.71. The third kappa shape index (κ3) is 4.68. The van der Waals surface area contributed by atoms with Crippen molar-refractivity contribution in [1.82, 2.24) is 20.0 Å². The van der Waals surface area contributed by atoms with Gasteiger partial charge in [-0.2, -0.15) is 9.78 Å². The number of nitrogens with one attached hydrogen (secondary N) is 1. The van der Waals surface area contributed by atoms with E-state index in [2.05, 4.69) is 27.4 Å². The van der Waals surface area contributed by atoms with Crippen LogP contribution in [0.5, 0.6) is 5.75 Å². The van der Waals surface area contributed by atoms with Crippen LogP contribution >= 0.6 is 0 Å². The summed E-state index contributed by atoms with van der Waals surface area (Å²) in [6.45, 7) is 2.42. The summed E-state index contributed by atoms with van der Waals surface area (Å²) in [6.07, 6.45) is 2.30. The SMILES string of the molecule is COc1ccc([C@H](CNC(=O)c2nn(-c3ccccc3)c(=O)c3ccccc23)N2CCCC2)cc1. The van der Waals surface area contributed by atoms with Crippen LogP contribution in [-0.2, 0) is 0 Å². The van der Waals surface area contributed by atoms with Gasteiger partial charge in [0.15, 0.2) is 5.69 Å². The Balaban J connectivity index is 1.47. The number of methoxy groups -OCH3 is 1. The molecule has 1 atom stereocenters. The van der Waals surface area contributed by atoms with Crippen LogP contribution in [0.25, 0.3) is 16.5 Å². The molecule has 5 rings (SSSR count). The van der Waals surface area contributed by atoms with Crippen LogP contribution in [0.3, 0.4) is 0 Å². The highest BCUT2D eigenvalue weighted by molar-refractivity contribution is 6.04. The van der Waals surface area contributed by atoms with E-state index in [1.54, 1.807) is 37.4 Å². The number of aromatic nitrogens is 2. The van der Waals surface area contributed by atoms with Gasteiger partial charge in [-0.05, 0) is 61.8 Å². The first-order chi connectivity index (χ1) is 17.2. The zero-order valence-corrected chi connectivity index (χ0v) is 19.7. The smallest absolute Gasteiger partial charge is 0.279 e. The molecular formula is C28H28N4O3. The molecule has 0 saturated carbocycles. The molecule has 1 aromatic heterocycles. The van der Waals surface area contributed by atoms with Gasteiger partial charge in [-0.1, -0.05) is 48.5 Å². The Morgan fingerprint density at radius 2 is 1.60 bits per heavy atom. The minimum Gasteiger partial charge on any atom is -0.497 e. The van der Waals surface area contributed by atoms with Gasteiger partial charge in [-0.25, -0.2) is 0 Å². The van der Waals surface area contributed by atoms with Gasteiger partial charge in [0.05, 0.1) is 24.2 Å². The predicted octanol–water partition coefficient (Wildman–Crippen LogP) is 3.96. The maximum absolute atomic E-state index is 13.5. The van der Waals surface area contributed by atoms with Crippen molar-refractivity contribution in [3.63, 3.8) is 0 Å². The predicted molar refractivity (Wildman–Crippen MR) is 136 cm³/mol. The van der Waals surface area contributed by atoms with Crippen LogP contribution in [0.15, 0.2) is 83.7 Å². The van der Waals surface area contributed by atoms with Gasteiger partial charge < -0.3 is 10.1 Å². The Morgan fingerprint density at radius 1 is 0.943 bits per heavy atom. The fourth-order valence-corrected chi connectivity index (χ4v) is 4.71. The summed E-state index contributed by atoms with van der Waals surface area (Å²) in [5.41, 5.74) is 1.72. The molecule has 0 bridgehead atoms. The molecule has 7 nitrogen and oxygen atoms in total. The Bertz CT molecular complexity index is 1380. The summed E-state index contributed by atoms with van der Waals surface area (Å²) in [6, 6.07) is 24.3. The first-order valence-electron chi connectivity index (χ1n) is 11.9. The lowest BCUT2D eigenvalue weighted by molar-refractivity contribution is 0.0933. The zero-order valence-electron chi connectivity index (χ0n) is 19.7. The topological polar surface area (TPSA) is 76.5 Å². The molecular weight excluding hydrogens is 440 g/mol. The molecule has 3 aromatic carbocycles. The van der Waals surface area contributed by atoms with Crippen LogP contribution in [-0.4, -0.2) is 47.3 Å². The minimum atomic E-state index is -0.302. The normalized spacial score (nSPS) is 14.7. The highest BCUT2D eigenvalue weighted by atomic mass is 16.5. The number of hydrogen-bond acceptors (Lipinski definition) is 5. The van der Waals surface area contributed by atoms with E-state index in [9.17, 15) is 9.59 Å². The average molecular weight is 469 g/mol. The van der Waals surface area contributed by atoms with Crippen molar-refractivity contribution in [2.75, 3.05) is 26.7 Å². The molecule has 2 heterocycles. The Labute approximate surface area is 204 Å². The Morgan fingerprint density at radius 3 is 2.29 bits per heavy atom. The molecule has 1 fully saturated rings. The van der Waals surface area contributed by atoms with Crippen molar-refractivity contribution in [3.05, 3.63) is 100 Å². The van der Waals surface area contributed by atoms with Crippen LogP contribution in [0.1, 0.15) is 34.9 Å². The summed E-state index contributed by atoms with van der Waals surface area (Å²) in [4.78, 5) is 29.0. The molecule has 178 valence electrons. The molecule has 0 radical (unpaired) electrons. The second-order valence-corrected chi connectivity index (χ2v) is 8.69. The summed E-state index contributed by atoms with van der Waals surface area (Å²) in [5, 5.41) is 8.61. The van der Waals surface area contributed by atoms with E-state index in [0.717, 1.165) is 37.2 Å². The number of ether oxygens (including phenoxy) is 1. The van der Waals surface area contributed by atoms with Crippen LogP contribution in [0.2, 0.25) is 0 Å². The third-order valence-corrected chi connectivity index (χ3v) is 6.56. The molecule has 7 heteroatoms. The molecule has 1 amide bonds. The highest BCUT2D eigenvalue weighted by Gasteiger charge is 2.25. The number of hydrogen-bond donors (Lipinski definition) is 1. The largest absolute Gasteiger partial charge is 0.497 e. The van der Waals surface area contributed by atoms with Gasteiger partial charge in [-0.15, -0.1) is 0 Å². The van der Waals surface area contributed by atoms with Crippen molar-refractivity contribution < 1.29 is 9.53 Å². The van der Waals surface area contributed by atoms with Gasteiger partial charge in [0.1, 0.15) is 5.75 Å². The van der Waals surface area contributed by atoms with Gasteiger partial charge in [-0.3, -0.25) is 14.5 Å². The monoisotopic (exact) mass is 468 g/mol. The average Bonchev–Trinajstić information content (AvgIpc) is 3.45. The number of amides is 1. The van der Waals surface area contributed by atoms with Crippen molar-refractivity contribution >= 4 is 16.7 Å². The number of para-hydroxylation sites is 1. The highest BCUT2D eigenvalue weighted by Crippen LogP contribution is 2.26. The molecule has 0 aliphatic carbocycles. The van der Waals surface area contributed by atoms with Crippen LogP contribution < -0.4 is 15.6 Å². The summed E-state index contributed by atoms with van der Waals surface area (Å²) < 4.78 is 6.61. The fraction of sp³-hybridized carbons (Fsp3) is 0.250. The number of fused-ring (bicyclic) bond motifs is 1. The maximum atomic E-state index is 13.5. The molecule has 4 aromatic rings. The zero-order chi connectivity index (χ0) is 24.2. The lowest BCUT2D eigenvalue weighted by Gasteiger charge is -2.28. The van der Waals surface area contributed by atoms with Crippen molar-refractivity contribution in [1.29, 1.82) is 0 Å². The lowest BCUT2D eigenvalue weighted by atomic mass is 10.0. The van der Waals surface area contributed by atoms with Gasteiger partial charge in [0, 0.05) is 11.9 Å². The molecule has 0 unspecified atom stereocenters. The number of rotatable bonds is 7. The van der Waals surface area contributed by atoms with E-state index < -0.39 is 0 Å². The second-order valence-electron chi connectivity index (χ2n) is 8.69. The standard InChI is InChI=1S/C28H28N4O3/c1-35-22-15-13-20(14-16-22)25(31-17-7-8-18-31)19-29-27(33)26-23-11-5-6-12-24(23)28(34)32(30-26)21-9-3-2-4-10-21/h2-6,9-16,25H,7-8,17-19H2,1H3,(H,29,33)/t25-/m0/s1. The first kappa shape index (κ1) is 22.8. The van der Waals surface area contributed by atoms with E-state index >= 15 is 0 Å². The van der Waals surface area contributed by atoms with Gasteiger partial charge in [0.25, 0.3) is 11.5 Å². The minimum absolute atomic E-state index is 0.0404. The van der Waals surface area contributed by atoms with Gasteiger partial charge in [0.2, 0.25) is 0 Å². The van der Waals surface area contributed by atoms with E-state index in [1.165, 1.54) is 4.68 Å². The van der Waals surface area contributed by atoms with E-state index in [4.69, 9.17) is 4.74 Å². The quantitative estimate of drug-likeness (QED) is 0.444. The number of carbonyl (C=O) groups excluding carboxylic acids is 1. The van der Waals surface area contributed by atoms with Crippen molar-refractivity contribution in [2.24, 2.45) is 0 Å². The molecule has 1 saturated heterocycles. The Hall–Kier alpha value is -3.97. The van der Waals surface area contributed by atoms with E-state index in [1.807, 2.05) is 36.4 Å². The number of nitrogens with zero attached hydrogens (tertiary/aromatic N) is 3. The van der Waals surface area contributed by atoms with Crippen molar-refractivity contribution in [3.8, 4) is 11.4 Å². The van der Waals surface area contributed by atoms with Crippen molar-refractivity contribution in [2.45, 2.75) is 18.9 Å². The van der Waals surface area contributed by atoms with E-state index in [-0.39, 0.29) is 23.2 Å². The van der Waals surface area contributed by atoms with Gasteiger partial charge >= 0.3 is 0 Å². The number of carbonyl (C=O) groups is 1. The molecule has 1 aliphatic heterocycles. The summed E-state index contributed by atoms with van der Waals surface area (Å²) in [5.74, 6) is 0.500. The molecule has 1 aliphatic rings. The maximum Gasteiger partial charge on any atom is 0.279 e. The van der Waals surface area contributed by atoms with E-state index in [0.29, 0.717) is 23.0 Å². The van der Waals surface area contributed by atoms with Crippen LogP contribution in [0, 0.1) is 0 Å². The third-order valence-electron chi connectivity index (χ3n) is 6.56. The first-order valence-corrected chi connectivity index (χ1v) is 11.9. The van der Waals surface area contributed by atoms with Crippen LogP contribution in [0.4, 0.5) is 0 Å². The molecule has 0 spiro atoms. The second kappa shape index (κ2) is 10.1. The Kier molecular flexibility index (Phi) is 6.59. The summed E-state index contributed by atoms with van der Waals surface area (Å²) in [7, 11) is 1.65. The molecule has 1 N–H and O–H groups in total. The number of likely N-dealkylation sites (tertiary alicyclic amines) is 1. The lowest BCUT2D eigenvalue weighted by Crippen LogP contribution is -2.38. The molecule has 35 heavy (non-hydrogen) atoms. The number of benzene rings is 3.